The predicted molar refractivity (Wildman–Crippen MR) is 55.6 cm³/mol. The van der Waals surface area contributed by atoms with Gasteiger partial charge in [0.05, 0.1) is 0 Å². The van der Waals surface area contributed by atoms with Crippen LogP contribution < -0.4 is 4.74 Å². The Labute approximate surface area is 121 Å². The quantitative estimate of drug-likeness (QED) is 0.349. The molecule has 1 heterocycles. The minimum atomic E-state index is -5.57. The van der Waals surface area contributed by atoms with E-state index in [0.717, 1.165) is 0 Å². The molecular weight excluding hydrogens is 374 g/mol. The first-order valence-electron chi connectivity index (χ1n) is 4.60. The van der Waals surface area contributed by atoms with Gasteiger partial charge in [-0.1, -0.05) is 0 Å². The fourth-order valence-electron chi connectivity index (χ4n) is 1.17. The number of hydrogen-bond acceptors (Lipinski definition) is 6. The second kappa shape index (κ2) is 5.42. The number of rotatable bonds is 3. The molecule has 0 aliphatic carbocycles. The summed E-state index contributed by atoms with van der Waals surface area (Å²) < 4.78 is 99.2. The highest BCUT2D eigenvalue weighted by Gasteiger charge is 2.45. The molecule has 0 aromatic carbocycles. The highest BCUT2D eigenvalue weighted by atomic mass is 35.7. The van der Waals surface area contributed by atoms with Crippen LogP contribution in [0.25, 0.3) is 0 Å². The van der Waals surface area contributed by atoms with Gasteiger partial charge in [-0.2, -0.15) is 13.2 Å². The van der Waals surface area contributed by atoms with E-state index in [0.29, 0.717) is 0 Å². The van der Waals surface area contributed by atoms with Gasteiger partial charge in [0.2, 0.25) is 0 Å². The lowest BCUT2D eigenvalue weighted by molar-refractivity contribution is -0.393. The summed E-state index contributed by atoms with van der Waals surface area (Å²) in [5.74, 6) is -4.07. The van der Waals surface area contributed by atoms with Gasteiger partial charge in [-0.15, -0.1) is 13.2 Å². The van der Waals surface area contributed by atoms with Gasteiger partial charge in [-0.25, -0.2) is 8.42 Å². The molecule has 7 nitrogen and oxygen atoms in total. The third kappa shape index (κ3) is 4.33. The topological polar surface area (TPSA) is 99.4 Å². The van der Waals surface area contributed by atoms with Gasteiger partial charge in [0.1, 0.15) is 0 Å². The van der Waals surface area contributed by atoms with E-state index in [9.17, 15) is 44.9 Å². The van der Waals surface area contributed by atoms with E-state index in [1.165, 1.54) is 0 Å². The Morgan fingerprint density at radius 1 is 1.23 bits per heavy atom. The lowest BCUT2D eigenvalue weighted by Gasteiger charge is -2.11. The number of aromatic nitrogens is 1. The predicted octanol–water partition coefficient (Wildman–Crippen LogP) is 2.83. The van der Waals surface area contributed by atoms with Crippen molar-refractivity contribution in [1.82, 2.24) is 4.98 Å². The van der Waals surface area contributed by atoms with Gasteiger partial charge in [0, 0.05) is 15.7 Å². The van der Waals surface area contributed by atoms with Crippen LogP contribution in [-0.2, 0) is 15.2 Å². The van der Waals surface area contributed by atoms with Gasteiger partial charge in [0.25, 0.3) is 9.05 Å². The van der Waals surface area contributed by atoms with Crippen LogP contribution in [0.1, 0.15) is 5.56 Å². The fourth-order valence-corrected chi connectivity index (χ4v) is 2.06. The van der Waals surface area contributed by atoms with Crippen molar-refractivity contribution in [3.63, 3.8) is 0 Å². The van der Waals surface area contributed by atoms with Crippen LogP contribution in [0.3, 0.4) is 0 Å². The molecule has 1 aromatic heterocycles. The van der Waals surface area contributed by atoms with Crippen LogP contribution >= 0.6 is 10.7 Å². The zero-order valence-electron chi connectivity index (χ0n) is 9.57. The standard InChI is InChI=1S/C7HClF6N2O5S/c8-22(19,20)3-1-2(6(9,10)11)4(16(17)18)15-5(3)21-7(12,13)14/h1H. The van der Waals surface area contributed by atoms with Crippen molar-refractivity contribution in [3.8, 4) is 5.88 Å². The maximum absolute atomic E-state index is 12.6. The van der Waals surface area contributed by atoms with Crippen LogP contribution in [0.2, 0.25) is 0 Å². The first-order valence-corrected chi connectivity index (χ1v) is 6.91. The summed E-state index contributed by atoms with van der Waals surface area (Å²) in [6.07, 6.45) is -11.0. The zero-order chi connectivity index (χ0) is 17.5. The molecule has 0 aliphatic rings. The van der Waals surface area contributed by atoms with E-state index in [1.807, 2.05) is 0 Å². The number of nitro groups is 1. The smallest absolute Gasteiger partial charge is 0.365 e. The van der Waals surface area contributed by atoms with E-state index in [1.54, 1.807) is 0 Å². The summed E-state index contributed by atoms with van der Waals surface area (Å²) in [5.41, 5.74) is -2.20. The molecule has 0 fully saturated rings. The largest absolute Gasteiger partial charge is 0.575 e. The molecule has 0 saturated heterocycles. The lowest BCUT2D eigenvalue weighted by atomic mass is 10.2. The normalized spacial score (nSPS) is 13.0. The number of ether oxygens (including phenoxy) is 1. The summed E-state index contributed by atoms with van der Waals surface area (Å²) >= 11 is 0. The van der Waals surface area contributed by atoms with Crippen LogP contribution in [0.4, 0.5) is 32.2 Å². The Kier molecular flexibility index (Phi) is 4.49. The number of pyridine rings is 1. The molecule has 1 aromatic rings. The second-order valence-corrected chi connectivity index (χ2v) is 5.94. The summed E-state index contributed by atoms with van der Waals surface area (Å²) in [6.45, 7) is 0. The van der Waals surface area contributed by atoms with E-state index in [2.05, 4.69) is 9.72 Å². The molecule has 15 heteroatoms. The first kappa shape index (κ1) is 18.2. The first-order chi connectivity index (χ1) is 9.63. The van der Waals surface area contributed by atoms with Crippen molar-refractivity contribution >= 4 is 25.6 Å². The van der Waals surface area contributed by atoms with Crippen molar-refractivity contribution in [1.29, 1.82) is 0 Å². The van der Waals surface area contributed by atoms with Crippen molar-refractivity contribution in [2.24, 2.45) is 0 Å². The zero-order valence-corrected chi connectivity index (χ0v) is 11.1. The molecule has 0 atom stereocenters. The Balaban J connectivity index is 3.78. The average molecular weight is 375 g/mol. The van der Waals surface area contributed by atoms with Crippen molar-refractivity contribution in [3.05, 3.63) is 21.7 Å². The highest BCUT2D eigenvalue weighted by Crippen LogP contribution is 2.40. The van der Waals surface area contributed by atoms with Gasteiger partial charge in [0.15, 0.2) is 10.5 Å². The second-order valence-electron chi connectivity index (χ2n) is 3.40. The molecule has 1 rings (SSSR count). The summed E-state index contributed by atoms with van der Waals surface area (Å²) in [7, 11) is -0.475. The highest BCUT2D eigenvalue weighted by molar-refractivity contribution is 8.13. The molecule has 0 aliphatic heterocycles. The van der Waals surface area contributed by atoms with Gasteiger partial charge < -0.3 is 14.9 Å². The molecule has 124 valence electrons. The van der Waals surface area contributed by atoms with Crippen LogP contribution in [0.15, 0.2) is 11.0 Å². The monoisotopic (exact) mass is 374 g/mol. The molecule has 0 radical (unpaired) electrons. The molecule has 0 saturated carbocycles. The van der Waals surface area contributed by atoms with Crippen LogP contribution in [-0.4, -0.2) is 24.7 Å². The molecule has 0 spiro atoms. The van der Waals surface area contributed by atoms with Crippen molar-refractivity contribution < 1.29 is 44.4 Å². The third-order valence-electron chi connectivity index (χ3n) is 1.89. The van der Waals surface area contributed by atoms with Crippen molar-refractivity contribution in [2.45, 2.75) is 17.4 Å². The van der Waals surface area contributed by atoms with Crippen molar-refractivity contribution in [2.75, 3.05) is 0 Å². The summed E-state index contributed by atoms with van der Waals surface area (Å²) in [5, 5.41) is 10.5. The van der Waals surface area contributed by atoms with E-state index in [-0.39, 0.29) is 0 Å². The number of nitrogens with zero attached hydrogens (tertiary/aromatic N) is 2. The average Bonchev–Trinajstić information content (AvgIpc) is 2.22. The number of halogens is 7. The Morgan fingerprint density at radius 2 is 1.73 bits per heavy atom. The van der Waals surface area contributed by atoms with E-state index in [4.69, 9.17) is 10.7 Å². The molecule has 0 amide bonds. The minimum absolute atomic E-state index is 0.464. The maximum Gasteiger partial charge on any atom is 0.575 e. The van der Waals surface area contributed by atoms with Gasteiger partial charge >= 0.3 is 24.2 Å². The van der Waals surface area contributed by atoms with Gasteiger partial charge in [-0.3, -0.25) is 0 Å². The third-order valence-corrected chi connectivity index (χ3v) is 3.20. The van der Waals surface area contributed by atoms with Crippen LogP contribution in [0, 0.1) is 10.1 Å². The van der Waals surface area contributed by atoms with E-state index >= 15 is 0 Å². The van der Waals surface area contributed by atoms with Crippen LogP contribution in [0.5, 0.6) is 5.88 Å². The number of hydrogen-bond donors (Lipinski definition) is 0. The minimum Gasteiger partial charge on any atom is -0.365 e. The summed E-state index contributed by atoms with van der Waals surface area (Å²) in [4.78, 5) is 9.27. The van der Waals surface area contributed by atoms with Gasteiger partial charge in [-0.05, 0) is 11.0 Å². The van der Waals surface area contributed by atoms with E-state index < -0.39 is 54.7 Å². The SMILES string of the molecule is O=[N+]([O-])c1nc(OC(F)(F)F)c(S(=O)(=O)Cl)cc1C(F)(F)F. The summed E-state index contributed by atoms with van der Waals surface area (Å²) in [6, 6.07) is -0.464. The molecule has 0 bridgehead atoms. The molecular formula is C7HClF6N2O5S. The molecule has 0 N–H and O–H groups in total. The Morgan fingerprint density at radius 3 is 2.05 bits per heavy atom. The maximum atomic E-state index is 12.6. The number of alkyl halides is 6. The molecule has 22 heavy (non-hydrogen) atoms. The Hall–Kier alpha value is -1.83. The Bertz CT molecular complexity index is 715. The fraction of sp³-hybridized carbons (Fsp3) is 0.286. The lowest BCUT2D eigenvalue weighted by Crippen LogP contribution is -2.21. The molecule has 0 unspecified atom stereocenters.